The molecule has 0 spiro atoms. The third kappa shape index (κ3) is 25.8. The first-order chi connectivity index (χ1) is 14.5. The molecular weight excluding hydrogens is 419 g/mol. The van der Waals surface area contributed by atoms with Crippen molar-refractivity contribution in [3.63, 3.8) is 0 Å². The summed E-state index contributed by atoms with van der Waals surface area (Å²) in [6.45, 7) is 0.818. The van der Waals surface area contributed by atoms with Gasteiger partial charge in [-0.05, 0) is 24.6 Å². The topological polar surface area (TPSA) is 76.0 Å². The number of hydrogen-bond acceptors (Lipinski definition) is 4. The predicted molar refractivity (Wildman–Crippen MR) is 129 cm³/mol. The van der Waals surface area contributed by atoms with Crippen molar-refractivity contribution >= 4 is 24.5 Å². The van der Waals surface area contributed by atoms with Crippen LogP contribution in [0.15, 0.2) is 12.7 Å². The van der Waals surface area contributed by atoms with Gasteiger partial charge in [0.25, 0.3) is 0 Å². The lowest BCUT2D eigenvalue weighted by atomic mass is 10.0. The number of rotatable bonds is 23. The van der Waals surface area contributed by atoms with Crippen LogP contribution in [0.25, 0.3) is 0 Å². The molecule has 0 aromatic carbocycles. The van der Waals surface area contributed by atoms with Gasteiger partial charge >= 0.3 is 12.7 Å². The summed E-state index contributed by atoms with van der Waals surface area (Å²) in [5, 5.41) is 0. The molecule has 5 nitrogen and oxygen atoms in total. The summed E-state index contributed by atoms with van der Waals surface area (Å²) < 4.78 is 9.76. The SMILES string of the molecule is C=CC(=O)OCCCCCCCCCCCCCCCCCCCCOP(O)(O)=S. The molecule has 0 heterocycles. The summed E-state index contributed by atoms with van der Waals surface area (Å²) in [5.74, 6) is -0.317. The summed E-state index contributed by atoms with van der Waals surface area (Å²) in [6.07, 6.45) is 23.7. The van der Waals surface area contributed by atoms with E-state index in [9.17, 15) is 4.79 Å². The van der Waals surface area contributed by atoms with Gasteiger partial charge < -0.3 is 19.0 Å². The molecule has 0 saturated heterocycles. The highest BCUT2D eigenvalue weighted by Gasteiger charge is 2.06. The lowest BCUT2D eigenvalue weighted by Gasteiger charge is -2.07. The van der Waals surface area contributed by atoms with E-state index in [0.29, 0.717) is 13.2 Å². The lowest BCUT2D eigenvalue weighted by molar-refractivity contribution is -0.137. The van der Waals surface area contributed by atoms with E-state index in [2.05, 4.69) is 18.4 Å². The summed E-state index contributed by atoms with van der Waals surface area (Å²) in [4.78, 5) is 28.8. The zero-order valence-electron chi connectivity index (χ0n) is 18.9. The van der Waals surface area contributed by atoms with Gasteiger partial charge in [-0.1, -0.05) is 109 Å². The number of ether oxygens (including phenoxy) is 1. The number of carbonyl (C=O) groups is 1. The van der Waals surface area contributed by atoms with Gasteiger partial charge in [-0.15, -0.1) is 0 Å². The van der Waals surface area contributed by atoms with Crippen molar-refractivity contribution in [3.05, 3.63) is 12.7 Å². The van der Waals surface area contributed by atoms with E-state index in [4.69, 9.17) is 19.0 Å². The van der Waals surface area contributed by atoms with Crippen molar-refractivity contribution in [2.75, 3.05) is 13.2 Å². The Morgan fingerprint density at radius 1 is 0.667 bits per heavy atom. The van der Waals surface area contributed by atoms with Gasteiger partial charge in [0.1, 0.15) is 0 Å². The van der Waals surface area contributed by atoms with Crippen LogP contribution in [0, 0.1) is 0 Å². The zero-order chi connectivity index (χ0) is 22.3. The number of carbonyl (C=O) groups excluding carboxylic acids is 1. The van der Waals surface area contributed by atoms with E-state index in [-0.39, 0.29) is 5.97 Å². The maximum atomic E-state index is 10.9. The van der Waals surface area contributed by atoms with Crippen LogP contribution in [0.5, 0.6) is 0 Å². The van der Waals surface area contributed by atoms with E-state index >= 15 is 0 Å². The highest BCUT2D eigenvalue weighted by Crippen LogP contribution is 2.36. The van der Waals surface area contributed by atoms with E-state index in [1.807, 2.05) is 0 Å². The molecule has 0 rings (SSSR count). The molecule has 7 heteroatoms. The van der Waals surface area contributed by atoms with E-state index in [0.717, 1.165) is 25.7 Å². The molecule has 0 aliphatic carbocycles. The van der Waals surface area contributed by atoms with Gasteiger partial charge in [0, 0.05) is 6.08 Å². The molecule has 0 aromatic heterocycles. The molecule has 0 radical (unpaired) electrons. The van der Waals surface area contributed by atoms with Crippen molar-refractivity contribution in [2.24, 2.45) is 0 Å². The minimum absolute atomic E-state index is 0.317. The fourth-order valence-corrected chi connectivity index (χ4v) is 4.04. The monoisotopic (exact) mass is 464 g/mol. The third-order valence-corrected chi connectivity index (χ3v) is 6.04. The highest BCUT2D eigenvalue weighted by atomic mass is 32.5. The van der Waals surface area contributed by atoms with Crippen LogP contribution in [-0.2, 0) is 25.9 Å². The summed E-state index contributed by atoms with van der Waals surface area (Å²) in [7, 11) is 0. The molecule has 30 heavy (non-hydrogen) atoms. The maximum Gasteiger partial charge on any atom is 0.330 e. The van der Waals surface area contributed by atoms with Crippen molar-refractivity contribution in [3.8, 4) is 0 Å². The third-order valence-electron chi connectivity index (χ3n) is 5.21. The van der Waals surface area contributed by atoms with Crippen molar-refractivity contribution < 1.29 is 23.8 Å². The van der Waals surface area contributed by atoms with Gasteiger partial charge in [-0.2, -0.15) is 0 Å². The number of hydrogen-bond donors (Lipinski definition) is 2. The van der Waals surface area contributed by atoms with Crippen LogP contribution >= 0.6 is 6.72 Å². The Morgan fingerprint density at radius 3 is 1.27 bits per heavy atom. The Balaban J connectivity index is 3.07. The normalized spacial score (nSPS) is 11.5. The predicted octanol–water partition coefficient (Wildman–Crippen LogP) is 6.96. The molecular formula is C23H45O5PS. The second-order valence-corrected chi connectivity index (χ2v) is 10.7. The Labute approximate surface area is 189 Å². The second kappa shape index (κ2) is 22.0. The Morgan fingerprint density at radius 2 is 0.967 bits per heavy atom. The zero-order valence-corrected chi connectivity index (χ0v) is 20.6. The molecule has 0 amide bonds. The van der Waals surface area contributed by atoms with E-state index < -0.39 is 6.72 Å². The first-order valence-corrected chi connectivity index (χ1v) is 14.6. The van der Waals surface area contributed by atoms with Gasteiger partial charge in [-0.25, -0.2) is 4.79 Å². The summed E-state index contributed by atoms with van der Waals surface area (Å²) >= 11 is 4.41. The molecule has 0 atom stereocenters. The molecule has 0 aromatic rings. The fraction of sp³-hybridized carbons (Fsp3) is 0.870. The highest BCUT2D eigenvalue weighted by molar-refractivity contribution is 8.06. The molecule has 0 fully saturated rings. The van der Waals surface area contributed by atoms with Crippen LogP contribution in [-0.4, -0.2) is 29.0 Å². The molecule has 0 aliphatic heterocycles. The minimum atomic E-state index is -3.45. The molecule has 0 saturated carbocycles. The minimum Gasteiger partial charge on any atom is -0.463 e. The molecule has 0 aliphatic rings. The Hall–Kier alpha value is -0.260. The largest absolute Gasteiger partial charge is 0.463 e. The summed E-state index contributed by atoms with van der Waals surface area (Å²) in [5.41, 5.74) is 0. The molecule has 0 bridgehead atoms. The van der Waals surface area contributed by atoms with Crippen LogP contribution < -0.4 is 0 Å². The maximum absolute atomic E-state index is 10.9. The first kappa shape index (κ1) is 29.7. The first-order valence-electron chi connectivity index (χ1n) is 11.9. The van der Waals surface area contributed by atoms with Crippen LogP contribution in [0.1, 0.15) is 116 Å². The lowest BCUT2D eigenvalue weighted by Crippen LogP contribution is -2.01. The van der Waals surface area contributed by atoms with Crippen LogP contribution in [0.3, 0.4) is 0 Å². The van der Waals surface area contributed by atoms with Gasteiger partial charge in [0.2, 0.25) is 0 Å². The van der Waals surface area contributed by atoms with Crippen LogP contribution in [0.2, 0.25) is 0 Å². The Bertz CT molecular complexity index is 453. The van der Waals surface area contributed by atoms with Crippen molar-refractivity contribution in [1.29, 1.82) is 0 Å². The quantitative estimate of drug-likeness (QED) is 0.0736. The fourth-order valence-electron chi connectivity index (χ4n) is 3.45. The molecule has 2 N–H and O–H groups in total. The van der Waals surface area contributed by atoms with Crippen LogP contribution in [0.4, 0.5) is 0 Å². The number of esters is 1. The average Bonchev–Trinajstić information content (AvgIpc) is 2.70. The van der Waals surface area contributed by atoms with E-state index in [1.54, 1.807) is 0 Å². The van der Waals surface area contributed by atoms with Crippen molar-refractivity contribution in [1.82, 2.24) is 0 Å². The molecule has 178 valence electrons. The number of unbranched alkanes of at least 4 members (excludes halogenated alkanes) is 17. The summed E-state index contributed by atoms with van der Waals surface area (Å²) in [6, 6.07) is 0. The van der Waals surface area contributed by atoms with Crippen molar-refractivity contribution in [2.45, 2.75) is 116 Å². The standard InChI is InChI=1S/C23H45O5PS/c1-2-23(24)27-21-19-17-15-13-11-9-7-5-3-4-6-8-10-12-14-16-18-20-22-28-29(25,26)30/h2H,1,3-22H2,(H2,25,26,30). The van der Waals surface area contributed by atoms with E-state index in [1.165, 1.54) is 96.0 Å². The smallest absolute Gasteiger partial charge is 0.330 e. The van der Waals surface area contributed by atoms with Gasteiger partial charge in [0.15, 0.2) is 0 Å². The van der Waals surface area contributed by atoms with Gasteiger partial charge in [0.05, 0.1) is 13.2 Å². The second-order valence-electron chi connectivity index (χ2n) is 8.06. The molecule has 0 unspecified atom stereocenters. The van der Waals surface area contributed by atoms with Gasteiger partial charge in [-0.3, -0.25) is 0 Å². The Kier molecular flexibility index (Phi) is 21.8. The average molecular weight is 465 g/mol.